The van der Waals surface area contributed by atoms with E-state index in [0.717, 1.165) is 16.7 Å². The molecule has 0 bridgehead atoms. The highest BCUT2D eigenvalue weighted by Crippen LogP contribution is 2.20. The molecule has 3 rings (SSSR count). The fourth-order valence-electron chi connectivity index (χ4n) is 2.47. The second-order valence-corrected chi connectivity index (χ2v) is 8.31. The van der Waals surface area contributed by atoms with Crippen molar-refractivity contribution in [1.82, 2.24) is 0 Å². The zero-order valence-electron chi connectivity index (χ0n) is 13.6. The molecule has 24 heavy (non-hydrogen) atoms. The van der Waals surface area contributed by atoms with E-state index >= 15 is 0 Å². The molecular formula is C22H19OS+. The van der Waals surface area contributed by atoms with Crippen LogP contribution >= 0.6 is 0 Å². The van der Waals surface area contributed by atoms with Gasteiger partial charge in [-0.05, 0) is 29.2 Å². The van der Waals surface area contributed by atoms with Gasteiger partial charge in [0.1, 0.15) is 12.0 Å². The van der Waals surface area contributed by atoms with E-state index in [1.807, 2.05) is 60.7 Å². The molecule has 0 fully saturated rings. The van der Waals surface area contributed by atoms with Crippen LogP contribution in [0.2, 0.25) is 0 Å². The Morgan fingerprint density at radius 1 is 0.750 bits per heavy atom. The lowest BCUT2D eigenvalue weighted by atomic mass is 10.0. The molecular weight excluding hydrogens is 312 g/mol. The van der Waals surface area contributed by atoms with E-state index < -0.39 is 9.93 Å². The third-order valence-electron chi connectivity index (χ3n) is 3.69. The molecule has 1 atom stereocenters. The fraction of sp³-hybridized carbons (Fsp3) is 0.0909. The van der Waals surface area contributed by atoms with E-state index in [1.165, 1.54) is 5.56 Å². The van der Waals surface area contributed by atoms with Crippen molar-refractivity contribution in [3.05, 3.63) is 96.1 Å². The highest BCUT2D eigenvalue weighted by molar-refractivity contribution is 8.05. The zero-order chi connectivity index (χ0) is 16.8. The molecule has 0 aliphatic heterocycles. The summed E-state index contributed by atoms with van der Waals surface area (Å²) in [4.78, 5) is 0. The molecule has 118 valence electrons. The molecule has 3 aromatic carbocycles. The Balaban J connectivity index is 1.74. The van der Waals surface area contributed by atoms with E-state index in [-0.39, 0.29) is 0 Å². The molecule has 2 heteroatoms. The lowest BCUT2D eigenvalue weighted by molar-refractivity contribution is 0.593. The van der Waals surface area contributed by atoms with Gasteiger partial charge in [-0.15, -0.1) is 0 Å². The van der Waals surface area contributed by atoms with Crippen molar-refractivity contribution in [2.45, 2.75) is 5.75 Å². The van der Waals surface area contributed by atoms with Crippen LogP contribution in [0, 0.1) is 11.2 Å². The third kappa shape index (κ3) is 4.44. The van der Waals surface area contributed by atoms with E-state index in [0.29, 0.717) is 5.75 Å². The van der Waals surface area contributed by atoms with E-state index in [4.69, 9.17) is 0 Å². The first-order valence-electron chi connectivity index (χ1n) is 7.81. The van der Waals surface area contributed by atoms with Crippen LogP contribution in [0.3, 0.4) is 0 Å². The van der Waals surface area contributed by atoms with Crippen LogP contribution in [-0.4, -0.2) is 6.26 Å². The average molecular weight is 331 g/mol. The van der Waals surface area contributed by atoms with Gasteiger partial charge in [-0.1, -0.05) is 77.0 Å². The Labute approximate surface area is 144 Å². The van der Waals surface area contributed by atoms with E-state index in [1.54, 1.807) is 6.26 Å². The van der Waals surface area contributed by atoms with Crippen LogP contribution < -0.4 is 0 Å². The minimum Gasteiger partial charge on any atom is -0.0901 e. The van der Waals surface area contributed by atoms with Gasteiger partial charge >= 0.3 is 0 Å². The van der Waals surface area contributed by atoms with Crippen molar-refractivity contribution in [3.63, 3.8) is 0 Å². The predicted molar refractivity (Wildman–Crippen MR) is 103 cm³/mol. The summed E-state index contributed by atoms with van der Waals surface area (Å²) in [6.45, 7) is 0. The normalized spacial score (nSPS) is 12.7. The van der Waals surface area contributed by atoms with Crippen LogP contribution in [-0.2, 0) is 19.9 Å². The smallest absolute Gasteiger partial charge is 0.0901 e. The second-order valence-electron chi connectivity index (χ2n) is 5.81. The van der Waals surface area contributed by atoms with Gasteiger partial charge in [-0.25, -0.2) is 0 Å². The summed E-state index contributed by atoms with van der Waals surface area (Å²) in [5.41, 5.74) is 4.29. The van der Waals surface area contributed by atoms with Crippen LogP contribution in [0.5, 0.6) is 0 Å². The van der Waals surface area contributed by atoms with Gasteiger partial charge in [0.15, 0.2) is 15.2 Å². The van der Waals surface area contributed by atoms with Gasteiger partial charge in [0, 0.05) is 11.1 Å². The standard InChI is InChI=1S/C22H19OS/c1-24(23,17-16-19-8-4-2-5-9-19)18-20-12-14-22(15-13-20)21-10-6-3-7-11-21/h2-15H,18H2,1H3/q+1. The maximum atomic E-state index is 12.7. The summed E-state index contributed by atoms with van der Waals surface area (Å²) in [5.74, 6) is 3.49. The number of rotatable bonds is 3. The summed E-state index contributed by atoms with van der Waals surface area (Å²) in [5, 5.41) is 2.95. The third-order valence-corrected chi connectivity index (χ3v) is 5.11. The van der Waals surface area contributed by atoms with Crippen LogP contribution in [0.1, 0.15) is 11.1 Å². The molecule has 0 spiro atoms. The topological polar surface area (TPSA) is 17.1 Å². The number of benzene rings is 3. The SMILES string of the molecule is C[S+](=O)(C#Cc1ccccc1)Cc1ccc(-c2ccccc2)cc1. The van der Waals surface area contributed by atoms with E-state index in [9.17, 15) is 4.21 Å². The molecule has 1 nitrogen and oxygen atoms in total. The first-order valence-corrected chi connectivity index (χ1v) is 9.95. The molecule has 0 saturated heterocycles. The number of hydrogen-bond donors (Lipinski definition) is 0. The lowest BCUT2D eigenvalue weighted by Crippen LogP contribution is -2.08. The molecule has 0 amide bonds. The largest absolute Gasteiger partial charge is 0.162 e. The summed E-state index contributed by atoms with van der Waals surface area (Å²) in [7, 11) is -2.22. The van der Waals surface area contributed by atoms with Crippen molar-refractivity contribution in [3.8, 4) is 22.3 Å². The Morgan fingerprint density at radius 2 is 1.29 bits per heavy atom. The molecule has 0 aliphatic rings. The van der Waals surface area contributed by atoms with Crippen molar-refractivity contribution >= 4 is 9.93 Å². The summed E-state index contributed by atoms with van der Waals surface area (Å²) in [6.07, 6.45) is 1.73. The highest BCUT2D eigenvalue weighted by Gasteiger charge is 2.19. The van der Waals surface area contributed by atoms with Crippen molar-refractivity contribution < 1.29 is 4.21 Å². The molecule has 3 aromatic rings. The summed E-state index contributed by atoms with van der Waals surface area (Å²) >= 11 is 0. The molecule has 0 radical (unpaired) electrons. The lowest BCUT2D eigenvalue weighted by Gasteiger charge is -2.04. The second kappa shape index (κ2) is 7.29. The van der Waals surface area contributed by atoms with Gasteiger partial charge < -0.3 is 0 Å². The predicted octanol–water partition coefficient (Wildman–Crippen LogP) is 4.99. The van der Waals surface area contributed by atoms with Crippen molar-refractivity contribution in [2.24, 2.45) is 0 Å². The maximum Gasteiger partial charge on any atom is 0.162 e. The van der Waals surface area contributed by atoms with Crippen LogP contribution in [0.4, 0.5) is 0 Å². The van der Waals surface area contributed by atoms with Gasteiger partial charge in [-0.3, -0.25) is 0 Å². The minimum absolute atomic E-state index is 0.474. The van der Waals surface area contributed by atoms with Crippen molar-refractivity contribution in [1.29, 1.82) is 0 Å². The van der Waals surface area contributed by atoms with E-state index in [2.05, 4.69) is 35.4 Å². The fourth-order valence-corrected chi connectivity index (χ4v) is 3.70. The first kappa shape index (κ1) is 16.2. The first-order chi connectivity index (χ1) is 11.6. The minimum atomic E-state index is -2.22. The van der Waals surface area contributed by atoms with Gasteiger partial charge in [0.2, 0.25) is 0 Å². The zero-order valence-corrected chi connectivity index (χ0v) is 14.4. The Morgan fingerprint density at radius 3 is 1.92 bits per heavy atom. The van der Waals surface area contributed by atoms with Crippen LogP contribution in [0.25, 0.3) is 11.1 Å². The van der Waals surface area contributed by atoms with Crippen LogP contribution in [0.15, 0.2) is 84.9 Å². The molecule has 0 saturated carbocycles. The molecule has 0 N–H and O–H groups in total. The maximum absolute atomic E-state index is 12.7. The summed E-state index contributed by atoms with van der Waals surface area (Å²) in [6, 6.07) is 28.1. The Bertz CT molecular complexity index is 901. The van der Waals surface area contributed by atoms with Crippen molar-refractivity contribution in [2.75, 3.05) is 6.26 Å². The van der Waals surface area contributed by atoms with Gasteiger partial charge in [-0.2, -0.15) is 0 Å². The average Bonchev–Trinajstić information content (AvgIpc) is 2.62. The van der Waals surface area contributed by atoms with Gasteiger partial charge in [0.25, 0.3) is 0 Å². The quantitative estimate of drug-likeness (QED) is 0.488. The molecule has 0 aromatic heterocycles. The van der Waals surface area contributed by atoms with Gasteiger partial charge in [0.05, 0.1) is 0 Å². The highest BCUT2D eigenvalue weighted by atomic mass is 32.2. The molecule has 0 aliphatic carbocycles. The monoisotopic (exact) mass is 331 g/mol. The molecule has 0 heterocycles. The Kier molecular flexibility index (Phi) is 4.93. The molecule has 1 unspecified atom stereocenters. The summed E-state index contributed by atoms with van der Waals surface area (Å²) < 4.78 is 12.7. The Hall–Kier alpha value is -2.63. The number of hydrogen-bond acceptors (Lipinski definition) is 1.